The van der Waals surface area contributed by atoms with E-state index in [4.69, 9.17) is 16.3 Å². The Hall–Kier alpha value is -0.990. The van der Waals surface area contributed by atoms with Crippen molar-refractivity contribution >= 4 is 27.5 Å². The number of halogens is 2. The lowest BCUT2D eigenvalue weighted by Crippen LogP contribution is -1.94. The fourth-order valence-corrected chi connectivity index (χ4v) is 2.55. The molecule has 0 saturated heterocycles. The number of rotatable bonds is 4. The van der Waals surface area contributed by atoms with Crippen molar-refractivity contribution in [1.82, 2.24) is 0 Å². The van der Waals surface area contributed by atoms with Gasteiger partial charge in [-0.05, 0) is 42.3 Å². The fourth-order valence-electron chi connectivity index (χ4n) is 1.76. The molecule has 0 radical (unpaired) electrons. The zero-order valence-corrected chi connectivity index (χ0v) is 12.4. The Kier molecular flexibility index (Phi) is 4.67. The lowest BCUT2D eigenvalue weighted by atomic mass is 10.0. The number of alkyl halides is 1. The molecule has 0 aliphatic carbocycles. The standard InChI is InChI=1S/C15H14BrClO/c1-2-18-14-8-6-11(7-9-14)15(16)12-4-3-5-13(17)10-12/h3-10,15H,2H2,1H3. The molecule has 0 spiro atoms. The fraction of sp³-hybridized carbons (Fsp3) is 0.200. The van der Waals surface area contributed by atoms with Gasteiger partial charge in [-0.25, -0.2) is 0 Å². The molecule has 0 amide bonds. The van der Waals surface area contributed by atoms with E-state index < -0.39 is 0 Å². The molecule has 0 aliphatic heterocycles. The molecule has 18 heavy (non-hydrogen) atoms. The van der Waals surface area contributed by atoms with E-state index in [1.165, 1.54) is 5.56 Å². The third kappa shape index (κ3) is 3.27. The highest BCUT2D eigenvalue weighted by Crippen LogP contribution is 2.32. The molecule has 1 atom stereocenters. The lowest BCUT2D eigenvalue weighted by molar-refractivity contribution is 0.340. The Balaban J connectivity index is 2.20. The zero-order chi connectivity index (χ0) is 13.0. The Morgan fingerprint density at radius 3 is 2.44 bits per heavy atom. The average Bonchev–Trinajstić information content (AvgIpc) is 2.39. The summed E-state index contributed by atoms with van der Waals surface area (Å²) in [6.45, 7) is 2.67. The minimum absolute atomic E-state index is 0.145. The van der Waals surface area contributed by atoms with Gasteiger partial charge in [0.1, 0.15) is 5.75 Å². The minimum Gasteiger partial charge on any atom is -0.494 e. The van der Waals surface area contributed by atoms with Crippen LogP contribution in [-0.2, 0) is 0 Å². The SMILES string of the molecule is CCOc1ccc(C(Br)c2cccc(Cl)c2)cc1. The van der Waals surface area contributed by atoms with Gasteiger partial charge in [0.25, 0.3) is 0 Å². The first-order chi connectivity index (χ1) is 8.70. The molecule has 2 aromatic rings. The lowest BCUT2D eigenvalue weighted by Gasteiger charge is -2.12. The molecule has 0 bridgehead atoms. The summed E-state index contributed by atoms with van der Waals surface area (Å²) in [5.74, 6) is 0.895. The van der Waals surface area contributed by atoms with Crippen molar-refractivity contribution in [3.8, 4) is 5.75 Å². The first-order valence-corrected chi connectivity index (χ1v) is 7.12. The summed E-state index contributed by atoms with van der Waals surface area (Å²) in [6, 6.07) is 16.0. The van der Waals surface area contributed by atoms with E-state index in [-0.39, 0.29) is 4.83 Å². The number of hydrogen-bond donors (Lipinski definition) is 0. The third-order valence-corrected chi connectivity index (χ3v) is 3.92. The van der Waals surface area contributed by atoms with Crippen molar-refractivity contribution in [2.75, 3.05) is 6.61 Å². The second-order valence-electron chi connectivity index (χ2n) is 3.92. The summed E-state index contributed by atoms with van der Waals surface area (Å²) in [4.78, 5) is 0.145. The van der Waals surface area contributed by atoms with E-state index in [0.29, 0.717) is 6.61 Å². The normalized spacial score (nSPS) is 12.2. The summed E-state index contributed by atoms with van der Waals surface area (Å²) in [7, 11) is 0. The molecule has 94 valence electrons. The van der Waals surface area contributed by atoms with E-state index >= 15 is 0 Å². The average molecular weight is 326 g/mol. The van der Waals surface area contributed by atoms with Gasteiger partial charge in [0.05, 0.1) is 11.4 Å². The summed E-state index contributed by atoms with van der Waals surface area (Å²) in [5, 5.41) is 0.753. The van der Waals surface area contributed by atoms with E-state index in [2.05, 4.69) is 34.1 Å². The highest BCUT2D eigenvalue weighted by Gasteiger charge is 2.10. The molecule has 1 unspecified atom stereocenters. The Morgan fingerprint density at radius 2 is 1.83 bits per heavy atom. The van der Waals surface area contributed by atoms with E-state index in [1.54, 1.807) is 0 Å². The first-order valence-electron chi connectivity index (χ1n) is 5.83. The molecule has 0 aliphatic rings. The van der Waals surface area contributed by atoms with Crippen LogP contribution in [0.5, 0.6) is 5.75 Å². The van der Waals surface area contributed by atoms with Crippen molar-refractivity contribution in [2.45, 2.75) is 11.8 Å². The van der Waals surface area contributed by atoms with Gasteiger partial charge < -0.3 is 4.74 Å². The van der Waals surface area contributed by atoms with Gasteiger partial charge in [-0.2, -0.15) is 0 Å². The van der Waals surface area contributed by atoms with Gasteiger partial charge in [-0.15, -0.1) is 0 Å². The van der Waals surface area contributed by atoms with Gasteiger partial charge in [0.2, 0.25) is 0 Å². The van der Waals surface area contributed by atoms with Gasteiger partial charge >= 0.3 is 0 Å². The van der Waals surface area contributed by atoms with Crippen LogP contribution in [-0.4, -0.2) is 6.61 Å². The van der Waals surface area contributed by atoms with Crippen LogP contribution in [0.25, 0.3) is 0 Å². The van der Waals surface area contributed by atoms with Crippen LogP contribution in [0.3, 0.4) is 0 Å². The molecule has 3 heteroatoms. The molecule has 0 fully saturated rings. The van der Waals surface area contributed by atoms with Crippen LogP contribution < -0.4 is 4.74 Å². The smallest absolute Gasteiger partial charge is 0.119 e. The van der Waals surface area contributed by atoms with Crippen molar-refractivity contribution < 1.29 is 4.74 Å². The van der Waals surface area contributed by atoms with Gasteiger partial charge in [-0.1, -0.05) is 51.8 Å². The maximum atomic E-state index is 6.00. The van der Waals surface area contributed by atoms with Gasteiger partial charge in [0, 0.05) is 5.02 Å². The van der Waals surface area contributed by atoms with Crippen LogP contribution >= 0.6 is 27.5 Å². The first kappa shape index (κ1) is 13.4. The Morgan fingerprint density at radius 1 is 1.11 bits per heavy atom. The topological polar surface area (TPSA) is 9.23 Å². The predicted molar refractivity (Wildman–Crippen MR) is 79.8 cm³/mol. The van der Waals surface area contributed by atoms with Crippen LogP contribution in [0.4, 0.5) is 0 Å². The van der Waals surface area contributed by atoms with Gasteiger partial charge in [-0.3, -0.25) is 0 Å². The molecular formula is C15H14BrClO. The third-order valence-electron chi connectivity index (χ3n) is 2.63. The van der Waals surface area contributed by atoms with Crippen LogP contribution in [0.2, 0.25) is 5.02 Å². The van der Waals surface area contributed by atoms with E-state index in [9.17, 15) is 0 Å². The maximum Gasteiger partial charge on any atom is 0.119 e. The minimum atomic E-state index is 0.145. The highest BCUT2D eigenvalue weighted by atomic mass is 79.9. The maximum absolute atomic E-state index is 6.00. The molecule has 2 aromatic carbocycles. The molecule has 2 rings (SSSR count). The van der Waals surface area contributed by atoms with Crippen molar-refractivity contribution in [1.29, 1.82) is 0 Å². The van der Waals surface area contributed by atoms with Crippen LogP contribution in [0.1, 0.15) is 22.9 Å². The van der Waals surface area contributed by atoms with Crippen molar-refractivity contribution in [3.63, 3.8) is 0 Å². The Bertz CT molecular complexity index is 510. The molecule has 0 heterocycles. The highest BCUT2D eigenvalue weighted by molar-refractivity contribution is 9.09. The second-order valence-corrected chi connectivity index (χ2v) is 5.27. The summed E-state index contributed by atoms with van der Waals surface area (Å²) in [6.07, 6.45) is 0. The molecule has 1 nitrogen and oxygen atoms in total. The largest absolute Gasteiger partial charge is 0.494 e. The number of ether oxygens (including phenoxy) is 1. The summed E-state index contributed by atoms with van der Waals surface area (Å²) >= 11 is 9.69. The van der Waals surface area contributed by atoms with E-state index in [1.807, 2.05) is 37.3 Å². The number of hydrogen-bond acceptors (Lipinski definition) is 1. The summed E-state index contributed by atoms with van der Waals surface area (Å²) < 4.78 is 5.43. The van der Waals surface area contributed by atoms with E-state index in [0.717, 1.165) is 16.3 Å². The van der Waals surface area contributed by atoms with Crippen LogP contribution in [0.15, 0.2) is 48.5 Å². The zero-order valence-electron chi connectivity index (χ0n) is 10.1. The summed E-state index contributed by atoms with van der Waals surface area (Å²) in [5.41, 5.74) is 2.33. The van der Waals surface area contributed by atoms with Gasteiger partial charge in [0.15, 0.2) is 0 Å². The Labute approximate surface area is 121 Å². The predicted octanol–water partition coefficient (Wildman–Crippen LogP) is 5.22. The molecule has 0 aromatic heterocycles. The van der Waals surface area contributed by atoms with Crippen molar-refractivity contribution in [3.05, 3.63) is 64.7 Å². The van der Waals surface area contributed by atoms with Crippen LogP contribution in [0, 0.1) is 0 Å². The quantitative estimate of drug-likeness (QED) is 0.700. The second kappa shape index (κ2) is 6.26. The van der Waals surface area contributed by atoms with Crippen molar-refractivity contribution in [2.24, 2.45) is 0 Å². The molecular weight excluding hydrogens is 312 g/mol. The monoisotopic (exact) mass is 324 g/mol. The molecule has 0 saturated carbocycles. The number of benzene rings is 2. The molecule has 0 N–H and O–H groups in total.